The van der Waals surface area contributed by atoms with E-state index in [9.17, 15) is 18.8 Å². The van der Waals surface area contributed by atoms with Gasteiger partial charge in [-0.3, -0.25) is 14.2 Å². The second-order valence-electron chi connectivity index (χ2n) is 8.80. The van der Waals surface area contributed by atoms with Gasteiger partial charge in [-0.05, 0) is 50.5 Å². The van der Waals surface area contributed by atoms with Crippen LogP contribution in [0.5, 0.6) is 0 Å². The minimum atomic E-state index is -0.659. The van der Waals surface area contributed by atoms with Gasteiger partial charge in [-0.15, -0.1) is 0 Å². The predicted octanol–water partition coefficient (Wildman–Crippen LogP) is 3.67. The highest BCUT2D eigenvalue weighted by Gasteiger charge is 2.26. The van der Waals surface area contributed by atoms with E-state index in [0.717, 1.165) is 23.8 Å². The number of likely N-dealkylation sites (tertiary alicyclic amines) is 1. The second kappa shape index (κ2) is 9.29. The number of piperidine rings is 1. The zero-order chi connectivity index (χ0) is 24.5. The van der Waals surface area contributed by atoms with Gasteiger partial charge in [0, 0.05) is 24.3 Å². The number of amides is 1. The standard InChI is InChI=1S/C27H25FN4O3/c1-18-16-21(25(33)30-14-8-3-9-15-30)23-24(29-18)32(20-11-4-2-5-12-20)27(35)31(26(23)34)17-19-10-6-7-13-22(19)28/h2,4-7,10-13,16H,3,8-9,14-15,17H2,1H3. The molecule has 2 aromatic carbocycles. The number of aryl methyl sites for hydroxylation is 1. The molecule has 3 heterocycles. The summed E-state index contributed by atoms with van der Waals surface area (Å²) in [6, 6.07) is 16.4. The van der Waals surface area contributed by atoms with Gasteiger partial charge in [0.15, 0.2) is 5.65 Å². The van der Waals surface area contributed by atoms with Gasteiger partial charge in [0.05, 0.1) is 23.2 Å². The third kappa shape index (κ3) is 4.16. The number of benzene rings is 2. The molecule has 7 nitrogen and oxygen atoms in total. The molecule has 1 aliphatic heterocycles. The maximum Gasteiger partial charge on any atom is 0.337 e. The first-order valence-corrected chi connectivity index (χ1v) is 11.7. The third-order valence-electron chi connectivity index (χ3n) is 6.40. The van der Waals surface area contributed by atoms with Crippen LogP contribution in [-0.4, -0.2) is 38.0 Å². The average molecular weight is 473 g/mol. The first-order chi connectivity index (χ1) is 17.0. The van der Waals surface area contributed by atoms with Crippen molar-refractivity contribution in [2.24, 2.45) is 0 Å². The lowest BCUT2D eigenvalue weighted by molar-refractivity contribution is 0.0726. The molecule has 0 saturated carbocycles. The van der Waals surface area contributed by atoms with Crippen molar-refractivity contribution in [3.8, 4) is 5.69 Å². The van der Waals surface area contributed by atoms with Crippen molar-refractivity contribution in [2.45, 2.75) is 32.7 Å². The van der Waals surface area contributed by atoms with Crippen LogP contribution < -0.4 is 11.2 Å². The van der Waals surface area contributed by atoms with Gasteiger partial charge in [-0.25, -0.2) is 18.7 Å². The summed E-state index contributed by atoms with van der Waals surface area (Å²) in [6.07, 6.45) is 2.86. The molecule has 0 spiro atoms. The van der Waals surface area contributed by atoms with Crippen LogP contribution in [0.1, 0.15) is 40.9 Å². The van der Waals surface area contributed by atoms with Gasteiger partial charge < -0.3 is 4.90 Å². The number of hydrogen-bond acceptors (Lipinski definition) is 4. The molecule has 5 rings (SSSR count). The van der Waals surface area contributed by atoms with Gasteiger partial charge in [0.2, 0.25) is 0 Å². The van der Waals surface area contributed by atoms with Crippen LogP contribution in [0.4, 0.5) is 4.39 Å². The van der Waals surface area contributed by atoms with Gasteiger partial charge in [-0.1, -0.05) is 36.4 Å². The number of pyridine rings is 1. The summed E-state index contributed by atoms with van der Waals surface area (Å²) < 4.78 is 16.8. The Labute approximate surface area is 201 Å². The molecule has 0 aliphatic carbocycles. The number of nitrogens with zero attached hydrogens (tertiary/aromatic N) is 4. The predicted molar refractivity (Wildman–Crippen MR) is 132 cm³/mol. The van der Waals surface area contributed by atoms with Crippen LogP contribution in [0.3, 0.4) is 0 Å². The molecule has 0 bridgehead atoms. The molecule has 178 valence electrons. The van der Waals surface area contributed by atoms with Crippen molar-refractivity contribution in [3.63, 3.8) is 0 Å². The van der Waals surface area contributed by atoms with Crippen LogP contribution in [0, 0.1) is 12.7 Å². The highest BCUT2D eigenvalue weighted by Crippen LogP contribution is 2.21. The van der Waals surface area contributed by atoms with Crippen molar-refractivity contribution < 1.29 is 9.18 Å². The van der Waals surface area contributed by atoms with E-state index in [1.807, 2.05) is 6.07 Å². The van der Waals surface area contributed by atoms with Crippen LogP contribution in [0.2, 0.25) is 0 Å². The molecule has 35 heavy (non-hydrogen) atoms. The van der Waals surface area contributed by atoms with Crippen LogP contribution in [0.25, 0.3) is 16.7 Å². The lowest BCUT2D eigenvalue weighted by Gasteiger charge is -2.27. The van der Waals surface area contributed by atoms with E-state index >= 15 is 0 Å². The summed E-state index contributed by atoms with van der Waals surface area (Å²) in [4.78, 5) is 47.3. The largest absolute Gasteiger partial charge is 0.339 e. The van der Waals surface area contributed by atoms with E-state index in [4.69, 9.17) is 0 Å². The van der Waals surface area contributed by atoms with Crippen LogP contribution in [0.15, 0.2) is 70.3 Å². The Morgan fingerprint density at radius 3 is 2.37 bits per heavy atom. The molecule has 1 amide bonds. The van der Waals surface area contributed by atoms with Crippen molar-refractivity contribution in [1.82, 2.24) is 19.0 Å². The fourth-order valence-corrected chi connectivity index (χ4v) is 4.64. The maximum absolute atomic E-state index is 14.5. The Balaban J connectivity index is 1.83. The minimum Gasteiger partial charge on any atom is -0.339 e. The molecule has 0 N–H and O–H groups in total. The molecule has 0 unspecified atom stereocenters. The van der Waals surface area contributed by atoms with E-state index in [1.165, 1.54) is 16.7 Å². The Bertz CT molecular complexity index is 1540. The van der Waals surface area contributed by atoms with Gasteiger partial charge >= 0.3 is 5.69 Å². The lowest BCUT2D eigenvalue weighted by atomic mass is 10.1. The van der Waals surface area contributed by atoms with E-state index in [-0.39, 0.29) is 34.6 Å². The topological polar surface area (TPSA) is 77.2 Å². The molecule has 2 aromatic heterocycles. The zero-order valence-electron chi connectivity index (χ0n) is 19.4. The quantitative estimate of drug-likeness (QED) is 0.454. The number of halogens is 1. The van der Waals surface area contributed by atoms with E-state index in [1.54, 1.807) is 54.3 Å². The van der Waals surface area contributed by atoms with E-state index < -0.39 is 17.1 Å². The van der Waals surface area contributed by atoms with Gasteiger partial charge in [0.25, 0.3) is 11.5 Å². The number of para-hydroxylation sites is 1. The Morgan fingerprint density at radius 1 is 0.971 bits per heavy atom. The summed E-state index contributed by atoms with van der Waals surface area (Å²) in [5.74, 6) is -0.773. The maximum atomic E-state index is 14.5. The number of aromatic nitrogens is 3. The smallest absolute Gasteiger partial charge is 0.337 e. The fraction of sp³-hybridized carbons (Fsp3) is 0.259. The number of rotatable bonds is 4. The number of carbonyl (C=O) groups is 1. The molecule has 1 fully saturated rings. The van der Waals surface area contributed by atoms with Crippen molar-refractivity contribution in [2.75, 3.05) is 13.1 Å². The van der Waals surface area contributed by atoms with Crippen molar-refractivity contribution in [3.05, 3.63) is 104 Å². The van der Waals surface area contributed by atoms with Gasteiger partial charge in [-0.2, -0.15) is 0 Å². The van der Waals surface area contributed by atoms with E-state index in [2.05, 4.69) is 4.98 Å². The Morgan fingerprint density at radius 2 is 1.66 bits per heavy atom. The summed E-state index contributed by atoms with van der Waals surface area (Å²) in [6.45, 7) is 2.70. The Kier molecular flexibility index (Phi) is 6.03. The van der Waals surface area contributed by atoms with E-state index in [0.29, 0.717) is 24.5 Å². The third-order valence-corrected chi connectivity index (χ3v) is 6.40. The van der Waals surface area contributed by atoms with Crippen molar-refractivity contribution >= 4 is 16.9 Å². The van der Waals surface area contributed by atoms with Gasteiger partial charge in [0.1, 0.15) is 5.82 Å². The highest BCUT2D eigenvalue weighted by atomic mass is 19.1. The zero-order valence-corrected chi connectivity index (χ0v) is 19.4. The molecule has 1 aliphatic rings. The molecule has 1 saturated heterocycles. The molecule has 0 radical (unpaired) electrons. The first-order valence-electron chi connectivity index (χ1n) is 11.7. The molecule has 8 heteroatoms. The average Bonchev–Trinajstić information content (AvgIpc) is 2.88. The number of fused-ring (bicyclic) bond motifs is 1. The molecular formula is C27H25FN4O3. The molecular weight excluding hydrogens is 447 g/mol. The Hall–Kier alpha value is -4.07. The first kappa shape index (κ1) is 22.7. The summed E-state index contributed by atoms with van der Waals surface area (Å²) >= 11 is 0. The van der Waals surface area contributed by atoms with Crippen LogP contribution in [-0.2, 0) is 6.54 Å². The number of hydrogen-bond donors (Lipinski definition) is 0. The summed E-state index contributed by atoms with van der Waals surface area (Å²) in [7, 11) is 0. The summed E-state index contributed by atoms with van der Waals surface area (Å²) in [5.41, 5.74) is 0.254. The number of carbonyl (C=O) groups excluding carboxylic acids is 1. The fourth-order valence-electron chi connectivity index (χ4n) is 4.64. The van der Waals surface area contributed by atoms with Crippen LogP contribution >= 0.6 is 0 Å². The van der Waals surface area contributed by atoms with Crippen molar-refractivity contribution in [1.29, 1.82) is 0 Å². The SMILES string of the molecule is Cc1cc(C(=O)N2CCCCC2)c2c(=O)n(Cc3ccccc3F)c(=O)n(-c3ccccc3)c2n1. The highest BCUT2D eigenvalue weighted by molar-refractivity contribution is 6.05. The lowest BCUT2D eigenvalue weighted by Crippen LogP contribution is -2.42. The molecule has 0 atom stereocenters. The normalized spacial score (nSPS) is 13.8. The summed E-state index contributed by atoms with van der Waals surface area (Å²) in [5, 5.41) is 0.0611. The minimum absolute atomic E-state index is 0.0611. The second-order valence-corrected chi connectivity index (χ2v) is 8.80. The molecule has 4 aromatic rings. The monoisotopic (exact) mass is 472 g/mol.